The number of likely N-dealkylation sites (N-methyl/N-ethyl adjacent to an activating group) is 1. The number of fused-ring (bicyclic) bond motifs is 1. The second-order valence-corrected chi connectivity index (χ2v) is 8.00. The van der Waals surface area contributed by atoms with Gasteiger partial charge in [0.25, 0.3) is 5.91 Å². The maximum atomic E-state index is 13.5. The molecule has 1 amide bonds. The first kappa shape index (κ1) is 20.2. The minimum atomic E-state index is -0.301. The molecule has 3 aromatic carbocycles. The Morgan fingerprint density at radius 1 is 0.844 bits per heavy atom. The number of pyridine rings is 1. The third kappa shape index (κ3) is 3.83. The predicted molar refractivity (Wildman–Crippen MR) is 124 cm³/mol. The Hall–Kier alpha value is -3.70. The number of carbonyl (C=O) groups is 1. The molecule has 5 rings (SSSR count). The van der Waals surface area contributed by atoms with Gasteiger partial charge in [-0.25, -0.2) is 9.37 Å². The van der Waals surface area contributed by atoms with E-state index >= 15 is 0 Å². The van der Waals surface area contributed by atoms with Crippen LogP contribution in [0.25, 0.3) is 33.6 Å². The number of carbonyl (C=O) groups excluding carboxylic acids is 1. The summed E-state index contributed by atoms with van der Waals surface area (Å²) in [6.45, 7) is 0.0296. The summed E-state index contributed by atoms with van der Waals surface area (Å²) in [5.41, 5.74) is 5.71. The van der Waals surface area contributed by atoms with Gasteiger partial charge in [0, 0.05) is 23.2 Å². The van der Waals surface area contributed by atoms with Gasteiger partial charge in [-0.15, -0.1) is 0 Å². The van der Waals surface area contributed by atoms with E-state index in [9.17, 15) is 9.18 Å². The molecule has 1 aliphatic rings. The second kappa shape index (κ2) is 8.09. The van der Waals surface area contributed by atoms with Crippen molar-refractivity contribution in [3.63, 3.8) is 0 Å². The van der Waals surface area contributed by atoms with E-state index in [1.165, 1.54) is 12.1 Å². The van der Waals surface area contributed by atoms with Crippen LogP contribution in [-0.2, 0) is 4.79 Å². The third-order valence-corrected chi connectivity index (χ3v) is 5.74. The smallest absolute Gasteiger partial charge is 0.264 e. The van der Waals surface area contributed by atoms with Crippen LogP contribution in [0.15, 0.2) is 78.9 Å². The molecular formula is C26H18ClFN2O2. The number of ether oxygens (including phenoxy) is 1. The highest BCUT2D eigenvalue weighted by Crippen LogP contribution is 2.37. The van der Waals surface area contributed by atoms with Crippen molar-refractivity contribution in [2.45, 2.75) is 0 Å². The first-order valence-corrected chi connectivity index (χ1v) is 10.4. The number of hydrogen-bond acceptors (Lipinski definition) is 3. The fourth-order valence-electron chi connectivity index (χ4n) is 3.69. The highest BCUT2D eigenvalue weighted by atomic mass is 35.5. The average molecular weight is 445 g/mol. The quantitative estimate of drug-likeness (QED) is 0.376. The summed E-state index contributed by atoms with van der Waals surface area (Å²) in [6, 6.07) is 23.5. The zero-order valence-electron chi connectivity index (χ0n) is 17.2. The lowest BCUT2D eigenvalue weighted by atomic mass is 9.99. The van der Waals surface area contributed by atoms with Crippen molar-refractivity contribution < 1.29 is 13.9 Å². The highest BCUT2D eigenvalue weighted by Gasteiger charge is 2.23. The maximum absolute atomic E-state index is 13.5. The molecule has 0 N–H and O–H groups in total. The van der Waals surface area contributed by atoms with Gasteiger partial charge in [-0.2, -0.15) is 0 Å². The molecule has 1 aliphatic heterocycles. The topological polar surface area (TPSA) is 42.4 Å². The van der Waals surface area contributed by atoms with Gasteiger partial charge < -0.3 is 9.64 Å². The molecule has 1 aromatic heterocycles. The van der Waals surface area contributed by atoms with E-state index in [4.69, 9.17) is 21.3 Å². The first-order chi connectivity index (χ1) is 15.5. The molecule has 0 saturated carbocycles. The van der Waals surface area contributed by atoms with Crippen molar-refractivity contribution >= 4 is 23.2 Å². The first-order valence-electron chi connectivity index (χ1n) is 10.1. The summed E-state index contributed by atoms with van der Waals surface area (Å²) in [5.74, 6) is 0.248. The number of halogens is 2. The van der Waals surface area contributed by atoms with Crippen LogP contribution in [0, 0.1) is 5.82 Å². The van der Waals surface area contributed by atoms with Gasteiger partial charge >= 0.3 is 0 Å². The Bertz CT molecular complexity index is 1260. The van der Waals surface area contributed by atoms with E-state index in [0.717, 1.165) is 27.9 Å². The molecule has 158 valence electrons. The molecule has 0 saturated heterocycles. The Labute approximate surface area is 189 Å². The third-order valence-electron chi connectivity index (χ3n) is 5.48. The monoisotopic (exact) mass is 444 g/mol. The van der Waals surface area contributed by atoms with Crippen molar-refractivity contribution in [1.82, 2.24) is 4.98 Å². The Kier molecular flexibility index (Phi) is 5.11. The van der Waals surface area contributed by atoms with Crippen LogP contribution in [0.1, 0.15) is 0 Å². The lowest BCUT2D eigenvalue weighted by Crippen LogP contribution is -2.35. The highest BCUT2D eigenvalue weighted by molar-refractivity contribution is 6.30. The summed E-state index contributed by atoms with van der Waals surface area (Å²) in [7, 11) is 1.73. The minimum Gasteiger partial charge on any atom is -0.482 e. The molecule has 0 unspecified atom stereocenters. The molecule has 32 heavy (non-hydrogen) atoms. The van der Waals surface area contributed by atoms with Gasteiger partial charge in [0.1, 0.15) is 11.6 Å². The van der Waals surface area contributed by atoms with Gasteiger partial charge in [-0.05, 0) is 77.9 Å². The number of rotatable bonds is 3. The van der Waals surface area contributed by atoms with Crippen molar-refractivity contribution in [3.05, 3.63) is 89.7 Å². The van der Waals surface area contributed by atoms with E-state index in [-0.39, 0.29) is 18.3 Å². The van der Waals surface area contributed by atoms with Gasteiger partial charge in [0.2, 0.25) is 0 Å². The molecule has 0 atom stereocenters. The molecule has 0 aliphatic carbocycles. The molecule has 0 fully saturated rings. The lowest BCUT2D eigenvalue weighted by molar-refractivity contribution is -0.120. The van der Waals surface area contributed by atoms with Crippen molar-refractivity contribution in [1.29, 1.82) is 0 Å². The summed E-state index contributed by atoms with van der Waals surface area (Å²) in [6.07, 6.45) is 0. The Balaban J connectivity index is 1.67. The predicted octanol–water partition coefficient (Wildman–Crippen LogP) is 6.23. The largest absolute Gasteiger partial charge is 0.482 e. The Morgan fingerprint density at radius 2 is 1.47 bits per heavy atom. The summed E-state index contributed by atoms with van der Waals surface area (Å²) in [4.78, 5) is 18.5. The molecule has 0 radical (unpaired) electrons. The second-order valence-electron chi connectivity index (χ2n) is 7.56. The van der Waals surface area contributed by atoms with Crippen LogP contribution >= 0.6 is 11.6 Å². The van der Waals surface area contributed by atoms with Crippen LogP contribution in [0.4, 0.5) is 10.1 Å². The van der Waals surface area contributed by atoms with E-state index < -0.39 is 0 Å². The van der Waals surface area contributed by atoms with Crippen LogP contribution < -0.4 is 9.64 Å². The van der Waals surface area contributed by atoms with Gasteiger partial charge in [0.05, 0.1) is 17.1 Å². The van der Waals surface area contributed by atoms with Gasteiger partial charge in [-0.1, -0.05) is 23.7 Å². The van der Waals surface area contributed by atoms with E-state index in [1.807, 2.05) is 54.6 Å². The van der Waals surface area contributed by atoms with Crippen molar-refractivity contribution in [2.24, 2.45) is 0 Å². The number of hydrogen-bond donors (Lipinski definition) is 0. The van der Waals surface area contributed by atoms with Crippen molar-refractivity contribution in [3.8, 4) is 39.4 Å². The minimum absolute atomic E-state index is 0.0296. The zero-order chi connectivity index (χ0) is 22.2. The van der Waals surface area contributed by atoms with Crippen LogP contribution in [0.2, 0.25) is 5.02 Å². The molecule has 4 nitrogen and oxygen atoms in total. The van der Waals surface area contributed by atoms with E-state index in [2.05, 4.69) is 0 Å². The summed E-state index contributed by atoms with van der Waals surface area (Å²) >= 11 is 6.07. The van der Waals surface area contributed by atoms with Gasteiger partial charge in [0.15, 0.2) is 6.61 Å². The molecular weight excluding hydrogens is 427 g/mol. The summed E-state index contributed by atoms with van der Waals surface area (Å²) in [5, 5.41) is 0.657. The number of nitrogens with zero attached hydrogens (tertiary/aromatic N) is 2. The fourth-order valence-corrected chi connectivity index (χ4v) is 3.81. The van der Waals surface area contributed by atoms with E-state index in [0.29, 0.717) is 22.2 Å². The average Bonchev–Trinajstić information content (AvgIpc) is 2.82. The molecule has 6 heteroatoms. The molecule has 4 aromatic rings. The molecule has 0 bridgehead atoms. The van der Waals surface area contributed by atoms with Crippen LogP contribution in [-0.4, -0.2) is 24.5 Å². The lowest BCUT2D eigenvalue weighted by Gasteiger charge is -2.26. The number of anilines is 1. The number of aromatic nitrogens is 1. The number of benzene rings is 3. The van der Waals surface area contributed by atoms with Crippen molar-refractivity contribution in [2.75, 3.05) is 18.6 Å². The van der Waals surface area contributed by atoms with Crippen LogP contribution in [0.5, 0.6) is 5.75 Å². The SMILES string of the molecule is CN1C(=O)COc2ccc(-c3cc(-c4ccc(Cl)cc4)cc(-c4ccc(F)cc4)n3)cc21. The Morgan fingerprint density at radius 3 is 2.19 bits per heavy atom. The zero-order valence-corrected chi connectivity index (χ0v) is 17.9. The van der Waals surface area contributed by atoms with Gasteiger partial charge in [-0.3, -0.25) is 4.79 Å². The fraction of sp³-hybridized carbons (Fsp3) is 0.0769. The maximum Gasteiger partial charge on any atom is 0.264 e. The molecule has 0 spiro atoms. The number of amides is 1. The van der Waals surface area contributed by atoms with Crippen LogP contribution in [0.3, 0.4) is 0 Å². The normalized spacial score (nSPS) is 13.0. The van der Waals surface area contributed by atoms with E-state index in [1.54, 1.807) is 24.1 Å². The summed E-state index contributed by atoms with van der Waals surface area (Å²) < 4.78 is 19.0. The molecule has 2 heterocycles. The standard InChI is InChI=1S/C26H18ClFN2O2/c1-30-24-14-18(6-11-25(24)32-15-26(30)31)23-13-19(16-2-7-20(27)8-3-16)12-22(29-23)17-4-9-21(28)10-5-17/h2-14H,15H2,1H3.